The van der Waals surface area contributed by atoms with E-state index < -0.39 is 6.10 Å². The molecule has 1 aliphatic heterocycles. The molecule has 26 heavy (non-hydrogen) atoms. The number of carbonyl (C=O) groups is 1. The smallest absolute Gasteiger partial charge is 0.251 e. The average Bonchev–Trinajstić information content (AvgIpc) is 3.05. The molecule has 0 saturated carbocycles. The Bertz CT molecular complexity index is 753. The van der Waals surface area contributed by atoms with Crippen molar-refractivity contribution in [2.24, 2.45) is 0 Å². The Morgan fingerprint density at radius 1 is 1.46 bits per heavy atom. The Morgan fingerprint density at radius 2 is 2.19 bits per heavy atom. The molecule has 1 amide bonds. The van der Waals surface area contributed by atoms with E-state index in [0.29, 0.717) is 19.0 Å². The van der Waals surface area contributed by atoms with Crippen molar-refractivity contribution < 1.29 is 14.3 Å². The Labute approximate surface area is 153 Å². The fraction of sp³-hybridized carbons (Fsp3) is 0.579. The standard InChI is InChI=1S/C19H27FN4O2/c1-3-24(19(26)13(2)25)11-10-23-8-6-14(7-9-23)18-16-5-4-15(20)12-17(16)21-22-18/h4-5,12-14,25H,3,6-11H2,1-2H3,(H,21,22). The van der Waals surface area contributed by atoms with Crippen LogP contribution in [0.15, 0.2) is 18.2 Å². The number of fused-ring (bicyclic) bond motifs is 1. The maximum atomic E-state index is 13.3. The summed E-state index contributed by atoms with van der Waals surface area (Å²) in [6.07, 6.45) is 1.04. The number of aliphatic hydroxyl groups excluding tert-OH is 1. The first-order chi connectivity index (χ1) is 12.5. The van der Waals surface area contributed by atoms with Crippen molar-refractivity contribution in [2.45, 2.75) is 38.7 Å². The van der Waals surface area contributed by atoms with Gasteiger partial charge in [-0.25, -0.2) is 4.39 Å². The first-order valence-electron chi connectivity index (χ1n) is 9.32. The summed E-state index contributed by atoms with van der Waals surface area (Å²) >= 11 is 0. The fourth-order valence-corrected chi connectivity index (χ4v) is 3.70. The lowest BCUT2D eigenvalue weighted by molar-refractivity contribution is -0.139. The quantitative estimate of drug-likeness (QED) is 0.826. The number of rotatable bonds is 6. The number of likely N-dealkylation sites (tertiary alicyclic amines) is 1. The molecule has 0 spiro atoms. The van der Waals surface area contributed by atoms with Gasteiger partial charge in [0.05, 0.1) is 11.2 Å². The van der Waals surface area contributed by atoms with Gasteiger partial charge in [0.1, 0.15) is 11.9 Å². The number of aromatic nitrogens is 2. The van der Waals surface area contributed by atoms with Gasteiger partial charge in [-0.2, -0.15) is 5.10 Å². The molecule has 2 heterocycles. The Hall–Kier alpha value is -1.99. The van der Waals surface area contributed by atoms with Gasteiger partial charge in [0, 0.05) is 30.9 Å². The van der Waals surface area contributed by atoms with Crippen LogP contribution in [0.25, 0.3) is 10.9 Å². The summed E-state index contributed by atoms with van der Waals surface area (Å²) in [7, 11) is 0. The Morgan fingerprint density at radius 3 is 2.85 bits per heavy atom. The molecule has 142 valence electrons. The average molecular weight is 362 g/mol. The van der Waals surface area contributed by atoms with E-state index in [0.717, 1.165) is 49.1 Å². The number of amides is 1. The topological polar surface area (TPSA) is 72.5 Å². The predicted octanol–water partition coefficient (Wildman–Crippen LogP) is 2.11. The lowest BCUT2D eigenvalue weighted by atomic mass is 9.91. The second kappa shape index (κ2) is 8.14. The molecular weight excluding hydrogens is 335 g/mol. The van der Waals surface area contributed by atoms with Crippen LogP contribution >= 0.6 is 0 Å². The van der Waals surface area contributed by atoms with Crippen LogP contribution in [-0.4, -0.2) is 69.8 Å². The summed E-state index contributed by atoms with van der Waals surface area (Å²) in [5.74, 6) is -0.0980. The van der Waals surface area contributed by atoms with Gasteiger partial charge >= 0.3 is 0 Å². The molecule has 1 saturated heterocycles. The van der Waals surface area contributed by atoms with Crippen molar-refractivity contribution in [2.75, 3.05) is 32.7 Å². The highest BCUT2D eigenvalue weighted by molar-refractivity contribution is 5.82. The number of nitrogens with one attached hydrogen (secondary N) is 1. The highest BCUT2D eigenvalue weighted by atomic mass is 19.1. The Balaban J connectivity index is 1.55. The van der Waals surface area contributed by atoms with Gasteiger partial charge in [-0.1, -0.05) is 0 Å². The van der Waals surface area contributed by atoms with E-state index in [1.165, 1.54) is 19.1 Å². The minimum absolute atomic E-state index is 0.211. The monoisotopic (exact) mass is 362 g/mol. The number of carbonyl (C=O) groups excluding carboxylic acids is 1. The number of H-pyrrole nitrogens is 1. The van der Waals surface area contributed by atoms with Crippen LogP contribution in [0, 0.1) is 5.82 Å². The van der Waals surface area contributed by atoms with Crippen molar-refractivity contribution in [3.8, 4) is 0 Å². The van der Waals surface area contributed by atoms with Crippen molar-refractivity contribution in [1.82, 2.24) is 20.0 Å². The molecule has 2 N–H and O–H groups in total. The van der Waals surface area contributed by atoms with Gasteiger partial charge in [-0.3, -0.25) is 9.89 Å². The summed E-state index contributed by atoms with van der Waals surface area (Å²) in [5, 5.41) is 17.8. The zero-order valence-electron chi connectivity index (χ0n) is 15.4. The van der Waals surface area contributed by atoms with Crippen LogP contribution in [-0.2, 0) is 4.79 Å². The minimum Gasteiger partial charge on any atom is -0.384 e. The van der Waals surface area contributed by atoms with Crippen molar-refractivity contribution in [1.29, 1.82) is 0 Å². The second-order valence-corrected chi connectivity index (χ2v) is 7.01. The molecule has 0 radical (unpaired) electrons. The van der Waals surface area contributed by atoms with Crippen LogP contribution in [0.2, 0.25) is 0 Å². The number of likely N-dealkylation sites (N-methyl/N-ethyl adjacent to an activating group) is 1. The zero-order valence-corrected chi connectivity index (χ0v) is 15.4. The summed E-state index contributed by atoms with van der Waals surface area (Å²) in [5.41, 5.74) is 1.77. The molecule has 1 aliphatic rings. The number of hydrogen-bond acceptors (Lipinski definition) is 4. The first-order valence-corrected chi connectivity index (χ1v) is 9.32. The maximum Gasteiger partial charge on any atom is 0.251 e. The van der Waals surface area contributed by atoms with Crippen LogP contribution in [0.4, 0.5) is 4.39 Å². The van der Waals surface area contributed by atoms with Gasteiger partial charge in [0.15, 0.2) is 0 Å². The number of halogens is 1. The van der Waals surface area contributed by atoms with Crippen molar-refractivity contribution in [3.63, 3.8) is 0 Å². The Kier molecular flexibility index (Phi) is 5.88. The van der Waals surface area contributed by atoms with E-state index in [4.69, 9.17) is 0 Å². The van der Waals surface area contributed by atoms with Crippen LogP contribution < -0.4 is 0 Å². The molecule has 1 fully saturated rings. The van der Waals surface area contributed by atoms with Gasteiger partial charge in [0.25, 0.3) is 5.91 Å². The van der Waals surface area contributed by atoms with E-state index >= 15 is 0 Å². The van der Waals surface area contributed by atoms with Gasteiger partial charge < -0.3 is 14.9 Å². The second-order valence-electron chi connectivity index (χ2n) is 7.01. The van der Waals surface area contributed by atoms with Gasteiger partial charge in [-0.15, -0.1) is 0 Å². The third-order valence-corrected chi connectivity index (χ3v) is 5.27. The number of aromatic amines is 1. The molecule has 1 aromatic heterocycles. The largest absolute Gasteiger partial charge is 0.384 e. The van der Waals surface area contributed by atoms with E-state index in [2.05, 4.69) is 15.1 Å². The molecule has 1 aromatic carbocycles. The molecule has 7 heteroatoms. The highest BCUT2D eigenvalue weighted by Crippen LogP contribution is 2.31. The maximum absolute atomic E-state index is 13.3. The van der Waals surface area contributed by atoms with Crippen molar-refractivity contribution in [3.05, 3.63) is 29.7 Å². The van der Waals surface area contributed by atoms with E-state index in [1.54, 1.807) is 11.0 Å². The summed E-state index contributed by atoms with van der Waals surface area (Å²) in [6, 6.07) is 4.77. The van der Waals surface area contributed by atoms with Crippen LogP contribution in [0.1, 0.15) is 38.3 Å². The first kappa shape index (κ1) is 18.8. The fourth-order valence-electron chi connectivity index (χ4n) is 3.70. The number of piperidine rings is 1. The SMILES string of the molecule is CCN(CCN1CCC(c2n[nH]c3cc(F)ccc23)CC1)C(=O)C(C)O. The molecule has 0 bridgehead atoms. The summed E-state index contributed by atoms with van der Waals surface area (Å²) < 4.78 is 13.3. The minimum atomic E-state index is -0.946. The van der Waals surface area contributed by atoms with E-state index in [-0.39, 0.29) is 11.7 Å². The third-order valence-electron chi connectivity index (χ3n) is 5.27. The molecular formula is C19H27FN4O2. The molecule has 1 unspecified atom stereocenters. The normalized spacial score (nSPS) is 17.5. The van der Waals surface area contributed by atoms with E-state index in [9.17, 15) is 14.3 Å². The van der Waals surface area contributed by atoms with E-state index in [1.807, 2.05) is 6.92 Å². The zero-order chi connectivity index (χ0) is 18.7. The number of aliphatic hydroxyl groups is 1. The molecule has 1 atom stereocenters. The van der Waals surface area contributed by atoms with Crippen LogP contribution in [0.3, 0.4) is 0 Å². The highest BCUT2D eigenvalue weighted by Gasteiger charge is 2.25. The summed E-state index contributed by atoms with van der Waals surface area (Å²) in [4.78, 5) is 16.0. The molecule has 6 nitrogen and oxygen atoms in total. The van der Waals surface area contributed by atoms with Crippen LogP contribution in [0.5, 0.6) is 0 Å². The summed E-state index contributed by atoms with van der Waals surface area (Å²) in [6.45, 7) is 7.38. The number of hydrogen-bond donors (Lipinski definition) is 2. The lowest BCUT2D eigenvalue weighted by Gasteiger charge is -2.33. The van der Waals surface area contributed by atoms with Crippen molar-refractivity contribution >= 4 is 16.8 Å². The lowest BCUT2D eigenvalue weighted by Crippen LogP contribution is -2.44. The molecule has 0 aliphatic carbocycles. The number of nitrogens with zero attached hydrogens (tertiary/aromatic N) is 3. The third kappa shape index (κ3) is 4.04. The van der Waals surface area contributed by atoms with Gasteiger partial charge in [-0.05, 0) is 58.0 Å². The molecule has 3 rings (SSSR count). The van der Waals surface area contributed by atoms with Gasteiger partial charge in [0.2, 0.25) is 0 Å². The number of benzene rings is 1. The predicted molar refractivity (Wildman–Crippen MR) is 98.4 cm³/mol. The molecule has 2 aromatic rings.